The molecule has 1 aromatic heterocycles. The molecule has 0 aliphatic carbocycles. The summed E-state index contributed by atoms with van der Waals surface area (Å²) in [5.74, 6) is 0. The molecule has 0 saturated heterocycles. The number of amides is 2. The maximum atomic E-state index is 11.8. The summed E-state index contributed by atoms with van der Waals surface area (Å²) in [6.07, 6.45) is 1.80. The van der Waals surface area contributed by atoms with Gasteiger partial charge in [0.05, 0.1) is 11.6 Å². The largest absolute Gasteiger partial charge is 0.334 e. The Balaban J connectivity index is 1.73. The number of aromatic nitrogens is 1. The highest BCUT2D eigenvalue weighted by Crippen LogP contribution is 2.10. The average molecular weight is 318 g/mol. The van der Waals surface area contributed by atoms with Crippen LogP contribution in [0.2, 0.25) is 0 Å². The quantitative estimate of drug-likeness (QED) is 0.860. The van der Waals surface area contributed by atoms with Crippen molar-refractivity contribution < 1.29 is 4.79 Å². The van der Waals surface area contributed by atoms with Crippen LogP contribution in [0.4, 0.5) is 4.79 Å². The molecule has 2 rings (SSSR count). The topological polar surface area (TPSA) is 57.3 Å². The molecule has 0 unspecified atom stereocenters. The van der Waals surface area contributed by atoms with Crippen LogP contribution in [0.3, 0.4) is 0 Å². The summed E-state index contributed by atoms with van der Waals surface area (Å²) in [7, 11) is 4.09. The molecular weight excluding hydrogens is 296 g/mol. The lowest BCUT2D eigenvalue weighted by Gasteiger charge is -2.10. The Morgan fingerprint density at radius 3 is 2.36 bits per heavy atom. The van der Waals surface area contributed by atoms with Crippen molar-refractivity contribution in [3.05, 3.63) is 51.5 Å². The zero-order valence-corrected chi connectivity index (χ0v) is 14.0. The molecule has 0 fully saturated rings. The Morgan fingerprint density at radius 2 is 1.77 bits per heavy atom. The van der Waals surface area contributed by atoms with Crippen LogP contribution in [-0.2, 0) is 19.6 Å². The van der Waals surface area contributed by atoms with Crippen molar-refractivity contribution in [2.24, 2.45) is 0 Å². The van der Waals surface area contributed by atoms with Gasteiger partial charge >= 0.3 is 6.03 Å². The SMILES string of the molecule is Cc1ncc(CNC(=O)NCc2ccc(CN(C)C)cc2)s1. The van der Waals surface area contributed by atoms with Crippen LogP contribution in [-0.4, -0.2) is 30.0 Å². The standard InChI is InChI=1S/C16H22N4OS/c1-12-17-9-15(22-12)10-19-16(21)18-8-13-4-6-14(7-5-13)11-20(2)3/h4-7,9H,8,10-11H2,1-3H3,(H2,18,19,21). The third-order valence-corrected chi connectivity index (χ3v) is 3.98. The normalized spacial score (nSPS) is 10.7. The summed E-state index contributed by atoms with van der Waals surface area (Å²) < 4.78 is 0. The summed E-state index contributed by atoms with van der Waals surface area (Å²) in [6, 6.07) is 8.12. The summed E-state index contributed by atoms with van der Waals surface area (Å²) in [4.78, 5) is 19.1. The number of carbonyl (C=O) groups is 1. The Kier molecular flexibility index (Phi) is 5.91. The first-order chi connectivity index (χ1) is 10.5. The Hall–Kier alpha value is -1.92. The van der Waals surface area contributed by atoms with Crippen LogP contribution in [0.1, 0.15) is 21.0 Å². The maximum Gasteiger partial charge on any atom is 0.315 e. The number of urea groups is 1. The van der Waals surface area contributed by atoms with Crippen LogP contribution in [0.25, 0.3) is 0 Å². The number of thiazole rings is 1. The molecule has 1 aromatic carbocycles. The second-order valence-corrected chi connectivity index (χ2v) is 6.76. The van der Waals surface area contributed by atoms with Crippen molar-refractivity contribution >= 4 is 17.4 Å². The highest BCUT2D eigenvalue weighted by Gasteiger charge is 2.03. The molecule has 0 saturated carbocycles. The second kappa shape index (κ2) is 7.91. The minimum atomic E-state index is -0.163. The second-order valence-electron chi connectivity index (χ2n) is 5.44. The van der Waals surface area contributed by atoms with Crippen molar-refractivity contribution in [2.75, 3.05) is 14.1 Å². The molecule has 1 heterocycles. The van der Waals surface area contributed by atoms with E-state index in [0.29, 0.717) is 13.1 Å². The van der Waals surface area contributed by atoms with Gasteiger partial charge in [-0.15, -0.1) is 11.3 Å². The number of hydrogen-bond donors (Lipinski definition) is 2. The van der Waals surface area contributed by atoms with Gasteiger partial charge in [0.1, 0.15) is 0 Å². The molecule has 22 heavy (non-hydrogen) atoms. The Labute approximate surface area is 135 Å². The van der Waals surface area contributed by atoms with E-state index in [1.165, 1.54) is 5.56 Å². The summed E-state index contributed by atoms with van der Waals surface area (Å²) >= 11 is 1.59. The number of carbonyl (C=O) groups excluding carboxylic acids is 1. The first kappa shape index (κ1) is 16.5. The van der Waals surface area contributed by atoms with E-state index in [-0.39, 0.29) is 6.03 Å². The smallest absolute Gasteiger partial charge is 0.315 e. The summed E-state index contributed by atoms with van der Waals surface area (Å²) in [5, 5.41) is 6.70. The van der Waals surface area contributed by atoms with E-state index >= 15 is 0 Å². The lowest BCUT2D eigenvalue weighted by Crippen LogP contribution is -2.34. The minimum absolute atomic E-state index is 0.163. The van der Waals surface area contributed by atoms with Crippen LogP contribution in [0, 0.1) is 6.92 Å². The maximum absolute atomic E-state index is 11.8. The van der Waals surface area contributed by atoms with E-state index in [1.54, 1.807) is 17.5 Å². The zero-order valence-electron chi connectivity index (χ0n) is 13.2. The average Bonchev–Trinajstić information content (AvgIpc) is 2.89. The van der Waals surface area contributed by atoms with Gasteiger partial charge in [0.2, 0.25) is 0 Å². The van der Waals surface area contributed by atoms with Crippen molar-refractivity contribution in [3.8, 4) is 0 Å². The third-order valence-electron chi connectivity index (χ3n) is 3.07. The number of hydrogen-bond acceptors (Lipinski definition) is 4. The summed E-state index contributed by atoms with van der Waals surface area (Å²) in [6.45, 7) is 3.91. The molecule has 6 heteroatoms. The van der Waals surface area contributed by atoms with Gasteiger partial charge in [-0.25, -0.2) is 9.78 Å². The van der Waals surface area contributed by atoms with Crippen LogP contribution in [0.15, 0.2) is 30.5 Å². The van der Waals surface area contributed by atoms with E-state index in [1.807, 2.05) is 33.2 Å². The van der Waals surface area contributed by atoms with Gasteiger partial charge in [-0.2, -0.15) is 0 Å². The fraction of sp³-hybridized carbons (Fsp3) is 0.375. The van der Waals surface area contributed by atoms with Gasteiger partial charge in [0.25, 0.3) is 0 Å². The lowest BCUT2D eigenvalue weighted by molar-refractivity contribution is 0.240. The Bertz CT molecular complexity index is 607. The van der Waals surface area contributed by atoms with Crippen LogP contribution < -0.4 is 10.6 Å². The molecule has 0 atom stereocenters. The van der Waals surface area contributed by atoms with Crippen molar-refractivity contribution in [1.29, 1.82) is 0 Å². The van der Waals surface area contributed by atoms with Crippen molar-refractivity contribution in [3.63, 3.8) is 0 Å². The first-order valence-corrected chi connectivity index (χ1v) is 8.00. The van der Waals surface area contributed by atoms with Gasteiger partial charge in [0, 0.05) is 24.2 Å². The lowest BCUT2D eigenvalue weighted by atomic mass is 10.1. The number of aryl methyl sites for hydroxylation is 1. The molecule has 118 valence electrons. The summed E-state index contributed by atoms with van der Waals surface area (Å²) in [5.41, 5.74) is 2.35. The van der Waals surface area contributed by atoms with Crippen molar-refractivity contribution in [2.45, 2.75) is 26.6 Å². The van der Waals surface area contributed by atoms with Gasteiger partial charge in [-0.1, -0.05) is 24.3 Å². The number of nitrogens with zero attached hydrogens (tertiary/aromatic N) is 2. The fourth-order valence-corrected chi connectivity index (χ4v) is 2.76. The molecule has 2 aromatic rings. The van der Waals surface area contributed by atoms with E-state index in [4.69, 9.17) is 0 Å². The molecule has 0 bridgehead atoms. The number of nitrogens with one attached hydrogen (secondary N) is 2. The molecule has 2 amide bonds. The molecule has 0 aliphatic rings. The van der Waals surface area contributed by atoms with Gasteiger partial charge in [-0.05, 0) is 32.1 Å². The van der Waals surface area contributed by atoms with E-state index in [2.05, 4.69) is 32.7 Å². The highest BCUT2D eigenvalue weighted by atomic mass is 32.1. The Morgan fingerprint density at radius 1 is 1.14 bits per heavy atom. The van der Waals surface area contributed by atoms with Gasteiger partial charge < -0.3 is 15.5 Å². The van der Waals surface area contributed by atoms with Crippen molar-refractivity contribution in [1.82, 2.24) is 20.5 Å². The van der Waals surface area contributed by atoms with Crippen LogP contribution >= 0.6 is 11.3 Å². The molecule has 5 nitrogen and oxygen atoms in total. The molecular formula is C16H22N4OS. The molecule has 0 aliphatic heterocycles. The predicted octanol–water partition coefficient (Wildman–Crippen LogP) is 2.51. The number of benzene rings is 1. The predicted molar refractivity (Wildman–Crippen MR) is 89.8 cm³/mol. The fourth-order valence-electron chi connectivity index (χ4n) is 2.03. The van der Waals surface area contributed by atoms with Gasteiger partial charge in [-0.3, -0.25) is 0 Å². The third kappa shape index (κ3) is 5.46. The first-order valence-electron chi connectivity index (χ1n) is 7.18. The van der Waals surface area contributed by atoms with E-state index in [0.717, 1.165) is 22.0 Å². The molecule has 0 spiro atoms. The van der Waals surface area contributed by atoms with Crippen LogP contribution in [0.5, 0.6) is 0 Å². The zero-order chi connectivity index (χ0) is 15.9. The monoisotopic (exact) mass is 318 g/mol. The minimum Gasteiger partial charge on any atom is -0.334 e. The molecule has 0 radical (unpaired) electrons. The number of rotatable bonds is 6. The molecule has 2 N–H and O–H groups in total. The van der Waals surface area contributed by atoms with E-state index < -0.39 is 0 Å². The van der Waals surface area contributed by atoms with Gasteiger partial charge in [0.15, 0.2) is 0 Å². The van der Waals surface area contributed by atoms with E-state index in [9.17, 15) is 4.79 Å². The highest BCUT2D eigenvalue weighted by molar-refractivity contribution is 7.11.